The summed E-state index contributed by atoms with van der Waals surface area (Å²) in [6.45, 7) is 3.38. The topological polar surface area (TPSA) is 80.4 Å². The van der Waals surface area contributed by atoms with E-state index in [0.29, 0.717) is 19.6 Å². The van der Waals surface area contributed by atoms with Crippen LogP contribution in [0.15, 0.2) is 35.1 Å². The van der Waals surface area contributed by atoms with Crippen molar-refractivity contribution in [2.75, 3.05) is 19.3 Å². The first-order chi connectivity index (χ1) is 10.5. The second kappa shape index (κ2) is 6.23. The van der Waals surface area contributed by atoms with Gasteiger partial charge in [0, 0.05) is 38.3 Å². The fraction of sp³-hybridized carbons (Fsp3) is 0.500. The normalized spacial score (nSPS) is 19.8. The largest absolute Gasteiger partial charge is 0.468 e. The lowest BCUT2D eigenvalue weighted by molar-refractivity contribution is 0.206. The molecule has 3 heterocycles. The van der Waals surface area contributed by atoms with Gasteiger partial charge in [0.25, 0.3) is 0 Å². The average molecular weight is 324 g/mol. The maximum Gasteiger partial charge on any atom is 0.208 e. The van der Waals surface area contributed by atoms with Crippen LogP contribution in [0.3, 0.4) is 0 Å². The van der Waals surface area contributed by atoms with Gasteiger partial charge in [-0.05, 0) is 18.2 Å². The van der Waals surface area contributed by atoms with Crippen LogP contribution in [0.1, 0.15) is 11.5 Å². The molecule has 0 amide bonds. The zero-order valence-corrected chi connectivity index (χ0v) is 13.3. The predicted molar refractivity (Wildman–Crippen MR) is 81.4 cm³/mol. The van der Waals surface area contributed by atoms with Gasteiger partial charge < -0.3 is 4.42 Å². The highest BCUT2D eigenvalue weighted by Gasteiger charge is 2.23. The standard InChI is InChI=1S/C14H20N4O3S/c1-22(19,20)16-7-12-8-17(11-14-3-2-6-21-14)10-13-4-5-15-18(13)9-12/h2-6,12,16H,7-11H2,1H3. The maximum atomic E-state index is 11.3. The van der Waals surface area contributed by atoms with Gasteiger partial charge in [-0.25, -0.2) is 13.1 Å². The number of aromatic nitrogens is 2. The molecule has 1 aliphatic heterocycles. The van der Waals surface area contributed by atoms with Crippen molar-refractivity contribution < 1.29 is 12.8 Å². The number of nitrogens with zero attached hydrogens (tertiary/aromatic N) is 3. The second-order valence-corrected chi connectivity index (χ2v) is 7.57. The number of furan rings is 1. The van der Waals surface area contributed by atoms with Crippen LogP contribution in [-0.2, 0) is 29.7 Å². The first-order valence-corrected chi connectivity index (χ1v) is 9.09. The summed E-state index contributed by atoms with van der Waals surface area (Å²) in [7, 11) is -3.18. The number of sulfonamides is 1. The van der Waals surface area contributed by atoms with E-state index in [0.717, 1.165) is 24.5 Å². The van der Waals surface area contributed by atoms with Crippen molar-refractivity contribution in [2.24, 2.45) is 5.92 Å². The van der Waals surface area contributed by atoms with Gasteiger partial charge in [-0.15, -0.1) is 0 Å². The summed E-state index contributed by atoms with van der Waals surface area (Å²) in [6, 6.07) is 5.83. The molecule has 2 aromatic heterocycles. The Bertz CT molecular complexity index is 708. The van der Waals surface area contributed by atoms with Crippen LogP contribution in [-0.4, -0.2) is 42.4 Å². The van der Waals surface area contributed by atoms with Crippen LogP contribution >= 0.6 is 0 Å². The Morgan fingerprint density at radius 2 is 2.27 bits per heavy atom. The number of hydrogen-bond acceptors (Lipinski definition) is 5. The Morgan fingerprint density at radius 1 is 1.41 bits per heavy atom. The van der Waals surface area contributed by atoms with Crippen LogP contribution in [0.2, 0.25) is 0 Å². The third-order valence-electron chi connectivity index (χ3n) is 3.73. The summed E-state index contributed by atoms with van der Waals surface area (Å²) >= 11 is 0. The van der Waals surface area contributed by atoms with E-state index in [9.17, 15) is 8.42 Å². The molecule has 1 aliphatic rings. The fourth-order valence-electron chi connectivity index (χ4n) is 2.76. The van der Waals surface area contributed by atoms with E-state index >= 15 is 0 Å². The highest BCUT2D eigenvalue weighted by molar-refractivity contribution is 7.88. The molecule has 0 bridgehead atoms. The van der Waals surface area contributed by atoms with Crippen molar-refractivity contribution in [3.05, 3.63) is 42.1 Å². The van der Waals surface area contributed by atoms with E-state index in [1.807, 2.05) is 22.9 Å². The number of rotatable bonds is 5. The summed E-state index contributed by atoms with van der Waals surface area (Å²) in [5.41, 5.74) is 1.13. The zero-order chi connectivity index (χ0) is 15.6. The third-order valence-corrected chi connectivity index (χ3v) is 4.42. The molecule has 0 fully saturated rings. The number of hydrogen-bond donors (Lipinski definition) is 1. The van der Waals surface area contributed by atoms with E-state index in [1.54, 1.807) is 12.5 Å². The lowest BCUT2D eigenvalue weighted by Gasteiger charge is -2.22. The molecule has 0 radical (unpaired) electrons. The summed E-state index contributed by atoms with van der Waals surface area (Å²) in [5.74, 6) is 1.06. The van der Waals surface area contributed by atoms with Gasteiger partial charge in [0.1, 0.15) is 5.76 Å². The summed E-state index contributed by atoms with van der Waals surface area (Å²) in [6.07, 6.45) is 4.64. The van der Waals surface area contributed by atoms with Gasteiger partial charge in [-0.1, -0.05) is 0 Å². The minimum atomic E-state index is -3.18. The molecule has 0 saturated carbocycles. The zero-order valence-electron chi connectivity index (χ0n) is 12.5. The van der Waals surface area contributed by atoms with Crippen molar-refractivity contribution in [1.29, 1.82) is 0 Å². The van der Waals surface area contributed by atoms with Crippen LogP contribution in [0.5, 0.6) is 0 Å². The van der Waals surface area contributed by atoms with Crippen molar-refractivity contribution >= 4 is 10.0 Å². The Balaban J connectivity index is 1.74. The minimum absolute atomic E-state index is 0.158. The number of nitrogens with one attached hydrogen (secondary N) is 1. The molecule has 1 N–H and O–H groups in total. The molecule has 1 unspecified atom stereocenters. The molecule has 8 heteroatoms. The summed E-state index contributed by atoms with van der Waals surface area (Å²) < 4.78 is 32.6. The van der Waals surface area contributed by atoms with Crippen LogP contribution < -0.4 is 4.72 Å². The van der Waals surface area contributed by atoms with Crippen molar-refractivity contribution in [3.63, 3.8) is 0 Å². The first kappa shape index (κ1) is 15.3. The first-order valence-electron chi connectivity index (χ1n) is 7.20. The highest BCUT2D eigenvalue weighted by Crippen LogP contribution is 2.18. The minimum Gasteiger partial charge on any atom is -0.468 e. The smallest absolute Gasteiger partial charge is 0.208 e. The van der Waals surface area contributed by atoms with Crippen LogP contribution in [0.25, 0.3) is 0 Å². The van der Waals surface area contributed by atoms with Crippen LogP contribution in [0.4, 0.5) is 0 Å². The lowest BCUT2D eigenvalue weighted by Crippen LogP contribution is -2.36. The Labute approximate surface area is 130 Å². The molecular weight excluding hydrogens is 304 g/mol. The molecule has 2 aromatic rings. The fourth-order valence-corrected chi connectivity index (χ4v) is 3.30. The predicted octanol–water partition coefficient (Wildman–Crippen LogP) is 0.657. The van der Waals surface area contributed by atoms with Gasteiger partial charge in [-0.3, -0.25) is 9.58 Å². The van der Waals surface area contributed by atoms with E-state index in [2.05, 4.69) is 14.7 Å². The Hall–Kier alpha value is -1.64. The van der Waals surface area contributed by atoms with E-state index in [-0.39, 0.29) is 5.92 Å². The van der Waals surface area contributed by atoms with Crippen molar-refractivity contribution in [1.82, 2.24) is 19.4 Å². The third kappa shape index (κ3) is 3.96. The number of fused-ring (bicyclic) bond motifs is 1. The molecule has 22 heavy (non-hydrogen) atoms. The van der Waals surface area contributed by atoms with Crippen molar-refractivity contribution in [3.8, 4) is 0 Å². The molecular formula is C14H20N4O3S. The molecule has 120 valence electrons. The van der Waals surface area contributed by atoms with Gasteiger partial charge >= 0.3 is 0 Å². The molecule has 7 nitrogen and oxygen atoms in total. The average Bonchev–Trinajstić information content (AvgIpc) is 3.05. The lowest BCUT2D eigenvalue weighted by atomic mass is 10.1. The van der Waals surface area contributed by atoms with Crippen molar-refractivity contribution in [2.45, 2.75) is 19.6 Å². The summed E-state index contributed by atoms with van der Waals surface area (Å²) in [5, 5.41) is 4.33. The molecule has 0 aliphatic carbocycles. The Morgan fingerprint density at radius 3 is 3.00 bits per heavy atom. The molecule has 0 saturated heterocycles. The highest BCUT2D eigenvalue weighted by atomic mass is 32.2. The van der Waals surface area contributed by atoms with Gasteiger partial charge in [0.05, 0.1) is 24.8 Å². The van der Waals surface area contributed by atoms with Gasteiger partial charge in [0.2, 0.25) is 10.0 Å². The molecule has 0 spiro atoms. The SMILES string of the molecule is CS(=O)(=O)NCC1CN(Cc2ccco2)Cc2ccnn2C1. The maximum absolute atomic E-state index is 11.3. The Kier molecular flexibility index (Phi) is 4.32. The molecule has 3 rings (SSSR count). The summed E-state index contributed by atoms with van der Waals surface area (Å²) in [4.78, 5) is 2.26. The van der Waals surface area contributed by atoms with E-state index < -0.39 is 10.0 Å². The van der Waals surface area contributed by atoms with E-state index in [4.69, 9.17) is 4.42 Å². The van der Waals surface area contributed by atoms with Gasteiger partial charge in [-0.2, -0.15) is 5.10 Å². The van der Waals surface area contributed by atoms with E-state index in [1.165, 1.54) is 6.26 Å². The monoisotopic (exact) mass is 324 g/mol. The second-order valence-electron chi connectivity index (χ2n) is 5.74. The molecule has 0 aromatic carbocycles. The molecule has 1 atom stereocenters. The van der Waals surface area contributed by atoms with Gasteiger partial charge in [0.15, 0.2) is 0 Å². The quantitative estimate of drug-likeness (QED) is 0.874. The van der Waals surface area contributed by atoms with Crippen LogP contribution in [0, 0.1) is 5.92 Å².